The first kappa shape index (κ1) is 85.9. The van der Waals surface area contributed by atoms with Crippen LogP contribution >= 0.6 is 55.9 Å². The van der Waals surface area contributed by atoms with Gasteiger partial charge in [-0.05, 0) is 132 Å². The average molecular weight is 1660 g/mol. The molecule has 2 bridgehead atoms. The molecule has 0 spiro atoms. The number of carbonyl (C=O) groups is 6. The van der Waals surface area contributed by atoms with Crippen LogP contribution in [0.15, 0.2) is 64.4 Å². The number of hydrazone groups is 1. The molecule has 2 aromatic rings. The van der Waals surface area contributed by atoms with Gasteiger partial charge < -0.3 is 97.1 Å². The molecule has 2 aliphatic carbocycles. The maximum absolute atomic E-state index is 14.6. The molecule has 31 nitrogen and oxygen atoms in total. The van der Waals surface area contributed by atoms with Crippen LogP contribution in [0.4, 0.5) is 4.79 Å². The Morgan fingerprint density at radius 2 is 1.58 bits per heavy atom. The summed E-state index contributed by atoms with van der Waals surface area (Å²) in [7, 11) is 9.33. The molecule has 0 saturated carbocycles. The summed E-state index contributed by atoms with van der Waals surface area (Å²) in [6.45, 7) is 15.8. The number of hydroxylamine groups is 1. The van der Waals surface area contributed by atoms with Gasteiger partial charge in [0.1, 0.15) is 42.4 Å². The molecule has 106 heavy (non-hydrogen) atoms. The highest BCUT2D eigenvalue weighted by Crippen LogP contribution is 2.50. The molecule has 4 saturated heterocycles. The number of hydrogen-bond donors (Lipinski definition) is 9. The number of carboxylic acid groups (broad SMARTS) is 1. The van der Waals surface area contributed by atoms with Crippen LogP contribution in [-0.4, -0.2) is 257 Å². The Kier molecular flexibility index (Phi) is 31.4. The molecule has 2 aromatic carbocycles. The van der Waals surface area contributed by atoms with E-state index < -0.39 is 149 Å². The number of Topliss-reactive ketones (excluding diaryl/α,β-unsaturated/α-hetero) is 1. The molecule has 9 N–H and O–H groups in total. The van der Waals surface area contributed by atoms with E-state index in [1.54, 1.807) is 69.9 Å². The van der Waals surface area contributed by atoms with E-state index in [1.165, 1.54) is 69.1 Å². The number of rotatable bonds is 31. The molecule has 4 aliphatic heterocycles. The molecule has 6 aliphatic rings. The van der Waals surface area contributed by atoms with Crippen molar-refractivity contribution in [3.05, 3.63) is 79.6 Å². The number of nitrogens with one attached hydrogen (secondary N) is 3. The second kappa shape index (κ2) is 38.8. The average Bonchev–Trinajstić information content (AvgIpc) is 0.750. The minimum atomic E-state index is -2.15. The zero-order chi connectivity index (χ0) is 77.6. The van der Waals surface area contributed by atoms with Gasteiger partial charge in [0.2, 0.25) is 29.0 Å². The molecular weight excluding hydrogens is 1560 g/mol. The Balaban J connectivity index is 0.996. The zero-order valence-corrected chi connectivity index (χ0v) is 66.0. The molecule has 35 heteroatoms. The first-order chi connectivity index (χ1) is 50.3. The molecule has 17 unspecified atom stereocenters. The molecule has 8 rings (SSSR count). The van der Waals surface area contributed by atoms with Crippen molar-refractivity contribution in [1.29, 1.82) is 0 Å². The van der Waals surface area contributed by atoms with Gasteiger partial charge in [0.05, 0.1) is 109 Å². The Bertz CT molecular complexity index is 3640. The largest absolute Gasteiger partial charge is 0.494 e. The number of carboxylic acids is 1. The van der Waals surface area contributed by atoms with Crippen molar-refractivity contribution in [3.8, 4) is 34.8 Å². The fraction of sp³-hybridized carbons (Fsp3) is 0.620. The number of thioether (sulfide) groups is 1. The third-order valence-corrected chi connectivity index (χ3v) is 24.3. The fourth-order valence-electron chi connectivity index (χ4n) is 13.0. The quantitative estimate of drug-likeness (QED) is 0.0118. The second-order valence-corrected chi connectivity index (χ2v) is 31.7. The van der Waals surface area contributed by atoms with Gasteiger partial charge in [-0.25, -0.2) is 10.2 Å². The van der Waals surface area contributed by atoms with Crippen molar-refractivity contribution < 1.29 is 126 Å². The van der Waals surface area contributed by atoms with Crippen molar-refractivity contribution in [2.24, 2.45) is 5.10 Å². The normalized spacial score (nSPS) is 31.1. The lowest BCUT2D eigenvalue weighted by atomic mass is 9.75. The van der Waals surface area contributed by atoms with E-state index in [9.17, 15) is 54.3 Å². The number of halogens is 1. The molecule has 0 radical (unpaired) electrons. The van der Waals surface area contributed by atoms with Gasteiger partial charge in [0.15, 0.2) is 41.8 Å². The van der Waals surface area contributed by atoms with E-state index in [1.807, 2.05) is 43.4 Å². The number of aliphatic hydroxyl groups is 5. The zero-order valence-electron chi connectivity index (χ0n) is 61.4. The summed E-state index contributed by atoms with van der Waals surface area (Å²) in [5.41, 5.74) is 4.88. The van der Waals surface area contributed by atoms with E-state index in [0.29, 0.717) is 33.6 Å². The first-order valence-corrected chi connectivity index (χ1v) is 38.6. The highest BCUT2D eigenvalue weighted by atomic mass is 127. The standard InChI is InChI=1S/C71H96IN5O26S3/c1-15-77(39(7)78)43-33-96-50(30-47(43)90-10)101-63-58(85)55(76-103-51-29-44(79)65(38(6)97-51)105-66(87)52-34(2)54(72)61(64(93-13)60(52)91-11)102-67-59(86)62(92-12)57(84)37(5)99-67)36(4)98-68(63)100-46-19-16-17-26-71(89)31-45(80)56(73-69(88)94-14)53(46)42(71)25-28-104-106-70(8,9)32-48(81)75-74-35(3)40-21-23-41(24-22-40)95-27-18-20-49(82)83/h16,19,21-25,36-38,43-44,46-47,50-51,55,57-59,62-63,65,67-68,76,79,84-86,89H,15,18,20,27-33H2,1-14H3,(H,73,88)(H,75,81)(H,82,83)/b19-16-,42-25+,74-35+/t36?,37?,38?,43?,44?,46-,47?,50?,51?,55?,57?,58?,59?,62?,63?,65?,67?,68?,71-/m0/s1. The van der Waals surface area contributed by atoms with E-state index in [-0.39, 0.29) is 96.1 Å². The summed E-state index contributed by atoms with van der Waals surface area (Å²) >= 11 is 2.78. The van der Waals surface area contributed by atoms with E-state index in [0.717, 1.165) is 24.4 Å². The van der Waals surface area contributed by atoms with Gasteiger partial charge in [-0.15, -0.1) is 0 Å². The van der Waals surface area contributed by atoms with E-state index in [4.69, 9.17) is 71.5 Å². The lowest BCUT2D eigenvalue weighted by molar-refractivity contribution is -0.337. The van der Waals surface area contributed by atoms with Gasteiger partial charge in [0, 0.05) is 75.0 Å². The number of carbonyl (C=O) groups excluding carboxylic acids is 5. The van der Waals surface area contributed by atoms with Gasteiger partial charge in [-0.3, -0.25) is 34.1 Å². The minimum absolute atomic E-state index is 0.000168. The number of fused-ring (bicyclic) bond motifs is 2. The van der Waals surface area contributed by atoms with Crippen molar-refractivity contribution in [1.82, 2.24) is 21.1 Å². The predicted octanol–water partition coefficient (Wildman–Crippen LogP) is 5.13. The highest BCUT2D eigenvalue weighted by molar-refractivity contribution is 14.1. The van der Waals surface area contributed by atoms with Crippen molar-refractivity contribution in [3.63, 3.8) is 0 Å². The van der Waals surface area contributed by atoms with Crippen LogP contribution in [0, 0.1) is 22.3 Å². The molecule has 19 atom stereocenters. The molecule has 586 valence electrons. The number of amides is 3. The molecule has 4 fully saturated rings. The first-order valence-electron chi connectivity index (χ1n) is 34.3. The number of hydrogen-bond acceptors (Lipinski definition) is 30. The number of aliphatic hydroxyl groups excluding tert-OH is 4. The number of ether oxygens (including phenoxy) is 13. The molecule has 3 amide bonds. The van der Waals surface area contributed by atoms with Gasteiger partial charge >= 0.3 is 12.1 Å². The lowest BCUT2D eigenvalue weighted by Crippen LogP contribution is -2.65. The third-order valence-electron chi connectivity index (χ3n) is 18.5. The van der Waals surface area contributed by atoms with Crippen molar-refractivity contribution >= 4 is 96.4 Å². The summed E-state index contributed by atoms with van der Waals surface area (Å²) in [6, 6.07) is 5.30. The lowest BCUT2D eigenvalue weighted by Gasteiger charge is -2.47. The number of nitrogens with zero attached hydrogens (tertiary/aromatic N) is 2. The van der Waals surface area contributed by atoms with Crippen LogP contribution in [0.1, 0.15) is 115 Å². The minimum Gasteiger partial charge on any atom is -0.494 e. The molecule has 0 aromatic heterocycles. The number of methoxy groups -OCH3 is 5. The Morgan fingerprint density at radius 3 is 2.23 bits per heavy atom. The summed E-state index contributed by atoms with van der Waals surface area (Å²) in [5, 5.41) is 73.2. The Labute approximate surface area is 640 Å². The highest BCUT2D eigenvalue weighted by Gasteiger charge is 2.53. The van der Waals surface area contributed by atoms with Crippen LogP contribution in [0.5, 0.6) is 23.0 Å². The monoisotopic (exact) mass is 1660 g/mol. The van der Waals surface area contributed by atoms with Gasteiger partial charge in [-0.1, -0.05) is 51.3 Å². The maximum atomic E-state index is 14.6. The van der Waals surface area contributed by atoms with Gasteiger partial charge in [-0.2, -0.15) is 10.6 Å². The predicted molar refractivity (Wildman–Crippen MR) is 396 cm³/mol. The fourth-order valence-corrected chi connectivity index (χ4v) is 17.1. The second-order valence-electron chi connectivity index (χ2n) is 26.4. The Morgan fingerprint density at radius 1 is 0.877 bits per heavy atom. The third kappa shape index (κ3) is 21.0. The number of likely N-dealkylation sites (N-methyl/N-ethyl adjacent to an activating group) is 1. The summed E-state index contributed by atoms with van der Waals surface area (Å²) in [6.07, 6.45) is -14.8. The summed E-state index contributed by atoms with van der Waals surface area (Å²) in [5.74, 6) is 4.22. The van der Waals surface area contributed by atoms with E-state index in [2.05, 4.69) is 33.2 Å². The van der Waals surface area contributed by atoms with Crippen LogP contribution in [0.2, 0.25) is 0 Å². The number of aliphatic carboxylic acids is 1. The number of benzene rings is 2. The molecular formula is C71H96IN5O26S3. The number of alkyl carbamates (subject to hydrolysis) is 1. The van der Waals surface area contributed by atoms with Crippen molar-refractivity contribution in [2.45, 2.75) is 221 Å². The smallest absolute Gasteiger partial charge is 0.411 e. The summed E-state index contributed by atoms with van der Waals surface area (Å²) in [4.78, 5) is 86.9. The van der Waals surface area contributed by atoms with Crippen LogP contribution in [0.3, 0.4) is 0 Å². The maximum Gasteiger partial charge on any atom is 0.411 e. The van der Waals surface area contributed by atoms with Crippen LogP contribution in [-0.2, 0) is 66.6 Å². The summed E-state index contributed by atoms with van der Waals surface area (Å²) < 4.78 is 78.0. The number of ketones is 1. The SMILES string of the molecule is CCN(C(C)=O)C1COC(OC2C(O[C@H]3/C=C\C#C[C@]4(O)CC(=O)C(NC(=O)OC)=C3/C4=C\CSSC(C)(C)CC(=O)N/N=C(\C)c3ccc(OCCCC(=O)O)cc3)OC(C)C(NOC3CC(O)C(SC(=O)c4c(C)c(I)c(OC5OC(C)C(O)C(OC)C5O)c(OC)c4OC)C(C)O3)C2O)CC1OC. The van der Waals surface area contributed by atoms with E-state index >= 15 is 0 Å². The number of allylic oxidation sites excluding steroid dienone is 2. The van der Waals surface area contributed by atoms with Crippen molar-refractivity contribution in [2.75, 3.05) is 61.1 Å². The topological polar surface area (TPSA) is 405 Å². The Hall–Kier alpha value is -5.71. The molecule has 4 heterocycles. The van der Waals surface area contributed by atoms with Crippen LogP contribution < -0.4 is 35.2 Å². The van der Waals surface area contributed by atoms with Crippen LogP contribution in [0.25, 0.3) is 0 Å². The van der Waals surface area contributed by atoms with Gasteiger partial charge in [0.25, 0.3) is 0 Å².